The van der Waals surface area contributed by atoms with Crippen molar-refractivity contribution in [2.24, 2.45) is 20.0 Å². The first-order chi connectivity index (χ1) is 10.1. The number of aromatic amines is 1. The van der Waals surface area contributed by atoms with E-state index in [4.69, 9.17) is 4.74 Å². The topological polar surface area (TPSA) is 93.9 Å². The summed E-state index contributed by atoms with van der Waals surface area (Å²) in [6, 6.07) is 0. The number of aromatic nitrogens is 4. The summed E-state index contributed by atoms with van der Waals surface area (Å²) in [5.74, 6) is 0.951. The lowest BCUT2D eigenvalue weighted by molar-refractivity contribution is 0.0594. The molecule has 8 nitrogen and oxygen atoms in total. The van der Waals surface area contributed by atoms with Crippen molar-refractivity contribution in [1.82, 2.24) is 19.1 Å². The van der Waals surface area contributed by atoms with Crippen LogP contribution in [0.3, 0.4) is 0 Å². The molecule has 3 heterocycles. The maximum atomic E-state index is 12.1. The van der Waals surface area contributed by atoms with E-state index in [1.165, 1.54) is 11.6 Å². The molecular weight excluding hydrogens is 274 g/mol. The number of ether oxygens (including phenoxy) is 1. The molecule has 1 atom stereocenters. The van der Waals surface area contributed by atoms with E-state index in [0.717, 1.165) is 37.2 Å². The molecule has 21 heavy (non-hydrogen) atoms. The van der Waals surface area contributed by atoms with E-state index in [2.05, 4.69) is 15.3 Å². The van der Waals surface area contributed by atoms with E-state index in [9.17, 15) is 9.59 Å². The van der Waals surface area contributed by atoms with Crippen molar-refractivity contribution in [2.75, 3.05) is 25.1 Å². The Morgan fingerprint density at radius 3 is 2.90 bits per heavy atom. The monoisotopic (exact) mass is 293 g/mol. The van der Waals surface area contributed by atoms with Crippen LogP contribution < -0.4 is 16.6 Å². The van der Waals surface area contributed by atoms with Crippen molar-refractivity contribution in [3.05, 3.63) is 20.8 Å². The molecule has 0 radical (unpaired) electrons. The summed E-state index contributed by atoms with van der Waals surface area (Å²) >= 11 is 0. The molecule has 1 unspecified atom stereocenters. The van der Waals surface area contributed by atoms with Crippen LogP contribution >= 0.6 is 0 Å². The van der Waals surface area contributed by atoms with E-state index in [0.29, 0.717) is 23.0 Å². The van der Waals surface area contributed by atoms with Crippen LogP contribution in [0.5, 0.6) is 0 Å². The Hall–Kier alpha value is -2.09. The van der Waals surface area contributed by atoms with Crippen molar-refractivity contribution < 1.29 is 4.74 Å². The number of anilines is 1. The Morgan fingerprint density at radius 1 is 1.38 bits per heavy atom. The first kappa shape index (κ1) is 13.9. The second-order valence-electron chi connectivity index (χ2n) is 5.45. The van der Waals surface area contributed by atoms with E-state index in [-0.39, 0.29) is 11.2 Å². The molecule has 2 N–H and O–H groups in total. The second-order valence-corrected chi connectivity index (χ2v) is 5.45. The van der Waals surface area contributed by atoms with Crippen molar-refractivity contribution in [2.45, 2.75) is 12.8 Å². The van der Waals surface area contributed by atoms with Crippen LogP contribution in [-0.2, 0) is 18.8 Å². The van der Waals surface area contributed by atoms with E-state index in [1.54, 1.807) is 7.05 Å². The fourth-order valence-corrected chi connectivity index (χ4v) is 2.62. The van der Waals surface area contributed by atoms with E-state index >= 15 is 0 Å². The molecule has 2 aromatic heterocycles. The third kappa shape index (κ3) is 2.46. The number of hydrogen-bond donors (Lipinski definition) is 2. The summed E-state index contributed by atoms with van der Waals surface area (Å²) in [6.45, 7) is 2.31. The molecule has 3 rings (SSSR count). The number of nitrogens with zero attached hydrogens (tertiary/aromatic N) is 3. The van der Waals surface area contributed by atoms with Crippen LogP contribution in [0.25, 0.3) is 11.2 Å². The lowest BCUT2D eigenvalue weighted by Crippen LogP contribution is -2.36. The van der Waals surface area contributed by atoms with Crippen LogP contribution in [0.15, 0.2) is 9.59 Å². The Morgan fingerprint density at radius 2 is 2.19 bits per heavy atom. The number of fused-ring (bicyclic) bond motifs is 1. The smallest absolute Gasteiger partial charge is 0.332 e. The molecule has 114 valence electrons. The zero-order valence-electron chi connectivity index (χ0n) is 12.2. The Kier molecular flexibility index (Phi) is 3.54. The van der Waals surface area contributed by atoms with Crippen molar-refractivity contribution in [1.29, 1.82) is 0 Å². The minimum atomic E-state index is -0.383. The van der Waals surface area contributed by atoms with Gasteiger partial charge in [-0.2, -0.15) is 4.98 Å². The Labute approximate surface area is 120 Å². The predicted molar refractivity (Wildman–Crippen MR) is 78.6 cm³/mol. The van der Waals surface area contributed by atoms with Gasteiger partial charge in [0.25, 0.3) is 5.56 Å². The molecule has 0 aromatic carbocycles. The lowest BCUT2D eigenvalue weighted by Gasteiger charge is -2.21. The van der Waals surface area contributed by atoms with Crippen LogP contribution in [0, 0.1) is 5.92 Å². The highest BCUT2D eigenvalue weighted by molar-refractivity contribution is 5.72. The third-order valence-electron chi connectivity index (χ3n) is 3.91. The zero-order valence-corrected chi connectivity index (χ0v) is 12.2. The van der Waals surface area contributed by atoms with Gasteiger partial charge < -0.3 is 15.0 Å². The predicted octanol–water partition coefficient (Wildman–Crippen LogP) is -0.201. The van der Waals surface area contributed by atoms with Gasteiger partial charge in [-0.15, -0.1) is 0 Å². The quantitative estimate of drug-likeness (QED) is 0.817. The number of H-pyrrole nitrogens is 1. The average molecular weight is 293 g/mol. The summed E-state index contributed by atoms with van der Waals surface area (Å²) in [5, 5.41) is 3.19. The molecule has 0 aliphatic carbocycles. The van der Waals surface area contributed by atoms with Crippen LogP contribution in [0.4, 0.5) is 5.95 Å². The maximum Gasteiger partial charge on any atom is 0.332 e. The van der Waals surface area contributed by atoms with Crippen LogP contribution in [0.1, 0.15) is 12.8 Å². The zero-order chi connectivity index (χ0) is 15.0. The molecule has 1 aliphatic heterocycles. The van der Waals surface area contributed by atoms with Gasteiger partial charge in [-0.3, -0.25) is 13.9 Å². The van der Waals surface area contributed by atoms with Gasteiger partial charge in [-0.25, -0.2) is 4.79 Å². The third-order valence-corrected chi connectivity index (χ3v) is 3.91. The van der Waals surface area contributed by atoms with Gasteiger partial charge in [-0.1, -0.05) is 0 Å². The molecule has 1 saturated heterocycles. The molecule has 0 saturated carbocycles. The van der Waals surface area contributed by atoms with Crippen molar-refractivity contribution in [3.8, 4) is 0 Å². The molecule has 0 bridgehead atoms. The van der Waals surface area contributed by atoms with Crippen LogP contribution in [-0.4, -0.2) is 38.9 Å². The SMILES string of the molecule is Cn1c(=O)c2[nH]c(NCC3CCCOC3)nc2n(C)c1=O. The summed E-state index contributed by atoms with van der Waals surface area (Å²) in [5.41, 5.74) is -0.0478. The standard InChI is InChI=1S/C13H19N5O3/c1-17-10-9(11(19)18(2)13(17)20)15-12(16-10)14-6-8-4-3-5-21-7-8/h8H,3-7H2,1-2H3,(H2,14,15,16). The van der Waals surface area contributed by atoms with Gasteiger partial charge in [-0.05, 0) is 18.8 Å². The van der Waals surface area contributed by atoms with E-state index < -0.39 is 0 Å². The van der Waals surface area contributed by atoms with Gasteiger partial charge in [0.05, 0.1) is 6.61 Å². The Bertz CT molecular complexity index is 766. The molecule has 1 aliphatic rings. The number of hydrogen-bond acceptors (Lipinski definition) is 5. The fourth-order valence-electron chi connectivity index (χ4n) is 2.62. The highest BCUT2D eigenvalue weighted by Gasteiger charge is 2.16. The second kappa shape index (κ2) is 5.36. The van der Waals surface area contributed by atoms with Crippen molar-refractivity contribution >= 4 is 17.1 Å². The molecule has 2 aromatic rings. The van der Waals surface area contributed by atoms with Crippen molar-refractivity contribution in [3.63, 3.8) is 0 Å². The van der Waals surface area contributed by atoms with Gasteiger partial charge in [0.1, 0.15) is 0 Å². The molecular formula is C13H19N5O3. The number of rotatable bonds is 3. The number of nitrogens with one attached hydrogen (secondary N) is 2. The van der Waals surface area contributed by atoms with E-state index in [1.807, 2.05) is 0 Å². The first-order valence-electron chi connectivity index (χ1n) is 7.05. The average Bonchev–Trinajstić information content (AvgIpc) is 2.94. The largest absolute Gasteiger partial charge is 0.381 e. The lowest BCUT2D eigenvalue weighted by atomic mass is 10.0. The first-order valence-corrected chi connectivity index (χ1v) is 7.05. The van der Waals surface area contributed by atoms with Gasteiger partial charge >= 0.3 is 5.69 Å². The minimum Gasteiger partial charge on any atom is -0.381 e. The fraction of sp³-hybridized carbons (Fsp3) is 0.615. The Balaban J connectivity index is 1.87. The summed E-state index contributed by atoms with van der Waals surface area (Å²) in [7, 11) is 3.06. The van der Waals surface area contributed by atoms with Gasteiger partial charge in [0, 0.05) is 27.2 Å². The molecule has 1 fully saturated rings. The summed E-state index contributed by atoms with van der Waals surface area (Å²) in [4.78, 5) is 31.2. The number of imidazole rings is 1. The maximum absolute atomic E-state index is 12.1. The highest BCUT2D eigenvalue weighted by atomic mass is 16.5. The van der Waals surface area contributed by atoms with Gasteiger partial charge in [0.2, 0.25) is 5.95 Å². The minimum absolute atomic E-state index is 0.335. The van der Waals surface area contributed by atoms with Crippen LogP contribution in [0.2, 0.25) is 0 Å². The molecule has 8 heteroatoms. The molecule has 0 spiro atoms. The number of aryl methyl sites for hydroxylation is 1. The highest BCUT2D eigenvalue weighted by Crippen LogP contribution is 2.15. The summed E-state index contributed by atoms with van der Waals surface area (Å²) in [6.07, 6.45) is 2.19. The van der Waals surface area contributed by atoms with Gasteiger partial charge in [0.15, 0.2) is 11.2 Å². The molecule has 0 amide bonds. The normalized spacial score (nSPS) is 19.0. The summed E-state index contributed by atoms with van der Waals surface area (Å²) < 4.78 is 7.86.